The van der Waals surface area contributed by atoms with Crippen LogP contribution in [0.1, 0.15) is 35.1 Å². The lowest BCUT2D eigenvalue weighted by atomic mass is 10.1. The van der Waals surface area contributed by atoms with Gasteiger partial charge in [0.05, 0.1) is 16.6 Å². The molecule has 2 atom stereocenters. The number of imide groups is 1. The molecule has 2 aromatic rings. The van der Waals surface area contributed by atoms with Crippen LogP contribution in [-0.2, 0) is 17.5 Å². The molecule has 2 heterocycles. The number of likely N-dealkylation sites (tertiary alicyclic amines) is 1. The van der Waals surface area contributed by atoms with Crippen LogP contribution in [0.3, 0.4) is 0 Å². The molecule has 0 radical (unpaired) electrons. The molecule has 2 aromatic carbocycles. The number of carbonyl (C=O) groups excluding carboxylic acids is 2. The Hall–Kier alpha value is -2.86. The number of thioether (sulfide) groups is 1. The molecule has 2 saturated heterocycles. The van der Waals surface area contributed by atoms with Gasteiger partial charge in [-0.3, -0.25) is 14.5 Å². The molecule has 2 aliphatic heterocycles. The van der Waals surface area contributed by atoms with Gasteiger partial charge in [-0.05, 0) is 73.1 Å². The predicted octanol–water partition coefficient (Wildman–Crippen LogP) is 5.46. The molecule has 2 amide bonds. The number of carbonyl (C=O) groups is 2. The number of benzene rings is 2. The summed E-state index contributed by atoms with van der Waals surface area (Å²) in [5.41, 5.74) is 0.589. The molecule has 2 unspecified atom stereocenters. The Balaban J connectivity index is 1.45. The Labute approximate surface area is 227 Å². The van der Waals surface area contributed by atoms with Gasteiger partial charge < -0.3 is 20.7 Å². The van der Waals surface area contributed by atoms with E-state index in [2.05, 4.69) is 5.32 Å². The van der Waals surface area contributed by atoms with E-state index >= 15 is 0 Å². The Kier molecular flexibility index (Phi) is 8.51. The summed E-state index contributed by atoms with van der Waals surface area (Å²) in [6.45, 7) is 0.678. The van der Waals surface area contributed by atoms with Crippen molar-refractivity contribution in [3.63, 3.8) is 0 Å². The smallest absolute Gasteiger partial charge is 0.392 e. The van der Waals surface area contributed by atoms with E-state index < -0.39 is 23.8 Å². The number of nitrogens with one attached hydrogen (secondary N) is 2. The zero-order valence-corrected chi connectivity index (χ0v) is 22.0. The summed E-state index contributed by atoms with van der Waals surface area (Å²) in [5.74, 6) is -0.401. The second kappa shape index (κ2) is 11.5. The number of amides is 2. The van der Waals surface area contributed by atoms with Crippen LogP contribution in [0.5, 0.6) is 0 Å². The summed E-state index contributed by atoms with van der Waals surface area (Å²) in [7, 11) is 1.90. The van der Waals surface area contributed by atoms with Gasteiger partial charge in [0.1, 0.15) is 0 Å². The first kappa shape index (κ1) is 28.2. The van der Waals surface area contributed by atoms with Crippen LogP contribution in [0.25, 0.3) is 6.08 Å². The molecule has 38 heavy (non-hydrogen) atoms. The number of aliphatic hydroxyl groups excluding tert-OH is 1. The van der Waals surface area contributed by atoms with Crippen molar-refractivity contribution in [1.29, 1.82) is 5.41 Å². The normalized spacial score (nSPS) is 21.5. The Morgan fingerprint density at radius 1 is 1.24 bits per heavy atom. The van der Waals surface area contributed by atoms with Crippen molar-refractivity contribution in [3.05, 3.63) is 68.6 Å². The average Bonchev–Trinajstić information content (AvgIpc) is 3.32. The summed E-state index contributed by atoms with van der Waals surface area (Å²) in [5, 5.41) is 20.1. The summed E-state index contributed by atoms with van der Waals surface area (Å²) in [4.78, 5) is 28.8. The van der Waals surface area contributed by atoms with E-state index in [0.29, 0.717) is 36.2 Å². The highest BCUT2D eigenvalue weighted by molar-refractivity contribution is 8.18. The zero-order valence-electron chi connectivity index (χ0n) is 20.4. The molecule has 0 saturated carbocycles. The van der Waals surface area contributed by atoms with E-state index in [-0.39, 0.29) is 39.9 Å². The number of likely N-dealkylation sites (N-methyl/N-ethyl adjacent to an activating group) is 1. The van der Waals surface area contributed by atoms with Crippen molar-refractivity contribution in [2.24, 2.45) is 0 Å². The van der Waals surface area contributed by atoms with Gasteiger partial charge in [-0.2, -0.15) is 13.2 Å². The van der Waals surface area contributed by atoms with E-state index in [0.717, 1.165) is 24.0 Å². The molecule has 12 heteroatoms. The second-order valence-electron chi connectivity index (χ2n) is 9.25. The molecule has 0 bridgehead atoms. The summed E-state index contributed by atoms with van der Waals surface area (Å²) < 4.78 is 40.2. The van der Waals surface area contributed by atoms with Crippen LogP contribution in [0.15, 0.2) is 41.3 Å². The third-order valence-electron chi connectivity index (χ3n) is 6.60. The van der Waals surface area contributed by atoms with Crippen LogP contribution in [-0.4, -0.2) is 64.6 Å². The zero-order chi connectivity index (χ0) is 27.6. The maximum Gasteiger partial charge on any atom is 0.416 e. The fraction of sp³-hybridized carbons (Fsp3) is 0.346. The first-order valence-electron chi connectivity index (χ1n) is 11.8. The fourth-order valence-electron chi connectivity index (χ4n) is 4.62. The Morgan fingerprint density at radius 3 is 2.66 bits per heavy atom. The number of halogens is 4. The predicted molar refractivity (Wildman–Crippen MR) is 142 cm³/mol. The van der Waals surface area contributed by atoms with Crippen LogP contribution in [0.2, 0.25) is 5.02 Å². The van der Waals surface area contributed by atoms with Crippen molar-refractivity contribution in [2.45, 2.75) is 37.7 Å². The molecule has 0 aromatic heterocycles. The number of alkyl halides is 3. The monoisotopic (exact) mass is 566 g/mol. The van der Waals surface area contributed by atoms with E-state index in [1.165, 1.54) is 17.0 Å². The van der Waals surface area contributed by atoms with Gasteiger partial charge >= 0.3 is 6.18 Å². The molecule has 0 spiro atoms. The molecule has 0 aliphatic carbocycles. The molecule has 3 N–H and O–H groups in total. The fourth-order valence-corrected chi connectivity index (χ4v) is 5.66. The molecule has 2 fully saturated rings. The highest BCUT2D eigenvalue weighted by atomic mass is 35.5. The number of rotatable bonds is 8. The van der Waals surface area contributed by atoms with Crippen molar-refractivity contribution in [1.82, 2.24) is 9.80 Å². The largest absolute Gasteiger partial charge is 0.416 e. The minimum atomic E-state index is -4.56. The van der Waals surface area contributed by atoms with Gasteiger partial charge in [-0.1, -0.05) is 23.7 Å². The van der Waals surface area contributed by atoms with Crippen LogP contribution < -0.4 is 5.32 Å². The minimum absolute atomic E-state index is 0.00823. The summed E-state index contributed by atoms with van der Waals surface area (Å²) in [6.07, 6.45) is -1.17. The third-order valence-corrected chi connectivity index (χ3v) is 7.74. The lowest BCUT2D eigenvalue weighted by molar-refractivity contribution is -0.138. The number of hydrogen-bond acceptors (Lipinski definition) is 7. The number of aliphatic hydroxyl groups is 1. The third kappa shape index (κ3) is 6.40. The van der Waals surface area contributed by atoms with Crippen LogP contribution in [0.4, 0.5) is 23.7 Å². The van der Waals surface area contributed by atoms with Crippen molar-refractivity contribution < 1.29 is 27.9 Å². The lowest BCUT2D eigenvalue weighted by Gasteiger charge is -2.21. The first-order chi connectivity index (χ1) is 18.0. The second-order valence-corrected chi connectivity index (χ2v) is 10.7. The maximum absolute atomic E-state index is 13.4. The SMILES string of the molecule is CN1CC(O)CC1CCN1C(=O)SC(=Cc2ccc(NCc3ccc(Cl)cc3C(F)(F)F)c(C=N)c2)C1=O. The Bertz CT molecular complexity index is 1290. The average molecular weight is 567 g/mol. The topological polar surface area (TPSA) is 96.7 Å². The number of β-amino-alcohol motifs (C(OH)–C–C–N with tert-alkyl or cyclic N) is 1. The molecular weight excluding hydrogens is 541 g/mol. The molecular formula is C26H26ClF3N4O3S. The number of anilines is 1. The molecule has 7 nitrogen and oxygen atoms in total. The minimum Gasteiger partial charge on any atom is -0.392 e. The first-order valence-corrected chi connectivity index (χ1v) is 13.0. The summed E-state index contributed by atoms with van der Waals surface area (Å²) in [6, 6.07) is 8.55. The highest BCUT2D eigenvalue weighted by Crippen LogP contribution is 2.35. The van der Waals surface area contributed by atoms with Gasteiger partial charge in [0.2, 0.25) is 0 Å². The van der Waals surface area contributed by atoms with E-state index in [1.807, 2.05) is 11.9 Å². The van der Waals surface area contributed by atoms with E-state index in [1.54, 1.807) is 24.3 Å². The summed E-state index contributed by atoms with van der Waals surface area (Å²) >= 11 is 6.58. The van der Waals surface area contributed by atoms with Gasteiger partial charge in [0, 0.05) is 48.2 Å². The quantitative estimate of drug-likeness (QED) is 0.290. The van der Waals surface area contributed by atoms with Gasteiger partial charge in [-0.15, -0.1) is 0 Å². The standard InChI is InChI=1S/C26H26ClF3N4O3S/c1-33-14-20(35)11-19(33)6-7-34-24(36)23(38-25(34)37)9-15-2-5-22(17(8-15)12-31)32-13-16-3-4-18(27)10-21(16)26(28,29)30/h2-5,8-10,12,19-20,31-32,35H,6-7,11,13-14H2,1H3. The Morgan fingerprint density at radius 2 is 2.00 bits per heavy atom. The van der Waals surface area contributed by atoms with Crippen molar-refractivity contribution >= 4 is 52.5 Å². The molecule has 4 rings (SSSR count). The molecule has 202 valence electrons. The van der Waals surface area contributed by atoms with E-state index in [9.17, 15) is 27.9 Å². The van der Waals surface area contributed by atoms with Crippen molar-refractivity contribution in [2.75, 3.05) is 25.5 Å². The highest BCUT2D eigenvalue weighted by Gasteiger charge is 2.37. The number of hydrogen-bond donors (Lipinski definition) is 3. The van der Waals surface area contributed by atoms with Gasteiger partial charge in [0.15, 0.2) is 0 Å². The van der Waals surface area contributed by atoms with Crippen molar-refractivity contribution in [3.8, 4) is 0 Å². The van der Waals surface area contributed by atoms with Crippen LogP contribution >= 0.6 is 23.4 Å². The molecule has 2 aliphatic rings. The lowest BCUT2D eigenvalue weighted by Crippen LogP contribution is -2.34. The van der Waals surface area contributed by atoms with Gasteiger partial charge in [0.25, 0.3) is 11.1 Å². The maximum atomic E-state index is 13.4. The van der Waals surface area contributed by atoms with Gasteiger partial charge in [-0.25, -0.2) is 0 Å². The van der Waals surface area contributed by atoms with Crippen LogP contribution in [0, 0.1) is 5.41 Å². The van der Waals surface area contributed by atoms with E-state index in [4.69, 9.17) is 17.0 Å². The number of nitrogens with zero attached hydrogens (tertiary/aromatic N) is 2.